The summed E-state index contributed by atoms with van der Waals surface area (Å²) >= 11 is 0. The molecule has 1 heteroatoms. The van der Waals surface area contributed by atoms with Crippen molar-refractivity contribution in [3.63, 3.8) is 0 Å². The van der Waals surface area contributed by atoms with Crippen LogP contribution in [0.25, 0.3) is 0 Å². The molecule has 0 fully saturated rings. The van der Waals surface area contributed by atoms with E-state index in [0.29, 0.717) is 0 Å². The van der Waals surface area contributed by atoms with Gasteiger partial charge in [-0.3, -0.25) is 0 Å². The largest absolute Gasteiger partial charge is 0.323 e. The maximum Gasteiger partial charge on any atom is 0 e. The van der Waals surface area contributed by atoms with Gasteiger partial charge < -0.3 is 6.42 Å². The first kappa shape index (κ1) is 17.5. The summed E-state index contributed by atoms with van der Waals surface area (Å²) in [6.45, 7) is 14.0. The predicted molar refractivity (Wildman–Crippen MR) is 61.5 cm³/mol. The molecule has 83 valence electrons. The van der Waals surface area contributed by atoms with Crippen LogP contribution in [0.4, 0.5) is 0 Å². The molecule has 0 aliphatic heterocycles. The summed E-state index contributed by atoms with van der Waals surface area (Å²) in [5.41, 5.74) is 0. The van der Waals surface area contributed by atoms with Crippen molar-refractivity contribution in [2.24, 2.45) is 23.7 Å². The number of rotatable bonds is 6. The maximum atomic E-state index is 2.52. The van der Waals surface area contributed by atoms with Gasteiger partial charge in [-0.25, -0.2) is 0 Å². The van der Waals surface area contributed by atoms with Crippen LogP contribution >= 0.6 is 0 Å². The van der Waals surface area contributed by atoms with E-state index in [1.54, 1.807) is 0 Å². The zero-order valence-corrected chi connectivity index (χ0v) is 13.7. The van der Waals surface area contributed by atoms with Gasteiger partial charge in [-0.2, -0.15) is 11.8 Å². The van der Waals surface area contributed by atoms with E-state index >= 15 is 0 Å². The first-order valence-electron chi connectivity index (χ1n) is 5.87. The molecule has 1 radical (unpaired) electrons. The molecule has 0 rings (SSSR count). The second-order valence-corrected chi connectivity index (χ2v) is 4.68. The van der Waals surface area contributed by atoms with Gasteiger partial charge in [0.1, 0.15) is 0 Å². The Bertz CT molecular complexity index is 122. The topological polar surface area (TPSA) is 0 Å². The minimum atomic E-state index is 0. The molecule has 0 amide bonds. The minimum Gasteiger partial charge on any atom is -0.323 e. The molecule has 0 aliphatic carbocycles. The van der Waals surface area contributed by atoms with Gasteiger partial charge in [0, 0.05) is 32.7 Å². The van der Waals surface area contributed by atoms with Crippen LogP contribution in [0.1, 0.15) is 54.4 Å². The Morgan fingerprint density at radius 2 is 1.43 bits per heavy atom. The van der Waals surface area contributed by atoms with Crippen molar-refractivity contribution in [1.82, 2.24) is 0 Å². The Hall–Kier alpha value is 1.10. The monoisotopic (exact) mass is 272 g/mol. The first-order valence-corrected chi connectivity index (χ1v) is 5.87. The smallest absolute Gasteiger partial charge is 0 e. The number of hydrogen-bond acceptors (Lipinski definition) is 0. The Balaban J connectivity index is 0. The Kier molecular flexibility index (Phi) is 11.7. The summed E-state index contributed by atoms with van der Waals surface area (Å²) in [6, 6.07) is 0. The fourth-order valence-electron chi connectivity index (χ4n) is 1.72. The summed E-state index contributed by atoms with van der Waals surface area (Å²) in [5.74, 6) is 3.24. The molecule has 0 spiro atoms. The second-order valence-electron chi connectivity index (χ2n) is 4.68. The van der Waals surface area contributed by atoms with Gasteiger partial charge >= 0.3 is 0 Å². The Labute approximate surface area is 117 Å². The van der Waals surface area contributed by atoms with Gasteiger partial charge in [0.2, 0.25) is 0 Å². The molecule has 0 bridgehead atoms. The molecule has 4 unspecified atom stereocenters. The summed E-state index contributed by atoms with van der Waals surface area (Å²) in [6.07, 6.45) is 5.11. The van der Waals surface area contributed by atoms with Crippen molar-refractivity contribution in [1.29, 1.82) is 0 Å². The second kappa shape index (κ2) is 9.34. The number of hydrogen-bond donors (Lipinski definition) is 0. The van der Waals surface area contributed by atoms with E-state index in [2.05, 4.69) is 48.0 Å². The van der Waals surface area contributed by atoms with Crippen molar-refractivity contribution < 1.29 is 32.7 Å². The van der Waals surface area contributed by atoms with Crippen LogP contribution in [-0.4, -0.2) is 0 Å². The molecule has 0 nitrogen and oxygen atoms in total. The summed E-state index contributed by atoms with van der Waals surface area (Å²) < 4.78 is 0. The van der Waals surface area contributed by atoms with Crippen LogP contribution < -0.4 is 0 Å². The van der Waals surface area contributed by atoms with E-state index in [1.165, 1.54) is 12.8 Å². The molecule has 0 N–H and O–H groups in total. The SMILES string of the molecule is CCC(C)[CH-]C(C)C(C)C(C)CC.[Y]. The molecular weight excluding hydrogens is 245 g/mol. The summed E-state index contributed by atoms with van der Waals surface area (Å²) in [7, 11) is 0. The molecule has 0 aliphatic rings. The van der Waals surface area contributed by atoms with Gasteiger partial charge in [0.15, 0.2) is 0 Å². The third-order valence-electron chi connectivity index (χ3n) is 3.65. The fraction of sp³-hybridized carbons (Fsp3) is 0.923. The third-order valence-corrected chi connectivity index (χ3v) is 3.65. The van der Waals surface area contributed by atoms with E-state index in [-0.39, 0.29) is 32.7 Å². The molecule has 0 saturated heterocycles. The quantitative estimate of drug-likeness (QED) is 0.622. The molecule has 0 aromatic rings. The van der Waals surface area contributed by atoms with Crippen LogP contribution in [0.15, 0.2) is 0 Å². The van der Waals surface area contributed by atoms with Crippen molar-refractivity contribution >= 4 is 0 Å². The fourth-order valence-corrected chi connectivity index (χ4v) is 1.72. The molecule has 4 atom stereocenters. The molecule has 0 aromatic carbocycles. The molecular formula is C13H27Y-. The predicted octanol–water partition coefficient (Wildman–Crippen LogP) is 4.55. The zero-order chi connectivity index (χ0) is 10.4. The Morgan fingerprint density at radius 3 is 1.79 bits per heavy atom. The van der Waals surface area contributed by atoms with Crippen molar-refractivity contribution in [3.05, 3.63) is 6.42 Å². The average Bonchev–Trinajstić information content (AvgIpc) is 2.14. The van der Waals surface area contributed by atoms with Gasteiger partial charge in [0.25, 0.3) is 0 Å². The van der Waals surface area contributed by atoms with E-state index in [4.69, 9.17) is 0 Å². The van der Waals surface area contributed by atoms with Crippen molar-refractivity contribution in [3.8, 4) is 0 Å². The standard InChI is InChI=1S/C13H27.Y/c1-7-10(3)9-12(5)13(6)11(4)8-2;/h9-13H,7-8H2,1-6H3;/q-1;. The Morgan fingerprint density at radius 1 is 0.929 bits per heavy atom. The van der Waals surface area contributed by atoms with E-state index < -0.39 is 0 Å². The van der Waals surface area contributed by atoms with Gasteiger partial charge in [0.05, 0.1) is 0 Å². The van der Waals surface area contributed by atoms with Crippen LogP contribution in [-0.2, 0) is 32.7 Å². The van der Waals surface area contributed by atoms with E-state index in [1.807, 2.05) is 0 Å². The molecule has 0 saturated carbocycles. The van der Waals surface area contributed by atoms with Gasteiger partial charge in [-0.1, -0.05) is 60.3 Å². The van der Waals surface area contributed by atoms with E-state index in [0.717, 1.165) is 23.7 Å². The summed E-state index contributed by atoms with van der Waals surface area (Å²) in [4.78, 5) is 0. The van der Waals surface area contributed by atoms with Crippen LogP contribution in [0.2, 0.25) is 0 Å². The molecule has 14 heavy (non-hydrogen) atoms. The minimum absolute atomic E-state index is 0. The van der Waals surface area contributed by atoms with Crippen LogP contribution in [0.3, 0.4) is 0 Å². The van der Waals surface area contributed by atoms with E-state index in [9.17, 15) is 0 Å². The van der Waals surface area contributed by atoms with Crippen molar-refractivity contribution in [2.75, 3.05) is 0 Å². The normalized spacial score (nSPS) is 19.3. The zero-order valence-electron chi connectivity index (χ0n) is 10.9. The average molecular weight is 272 g/mol. The van der Waals surface area contributed by atoms with Gasteiger partial charge in [-0.15, -0.1) is 0 Å². The van der Waals surface area contributed by atoms with Crippen molar-refractivity contribution in [2.45, 2.75) is 54.4 Å². The third kappa shape index (κ3) is 6.56. The summed E-state index contributed by atoms with van der Waals surface area (Å²) in [5, 5.41) is 0. The van der Waals surface area contributed by atoms with Gasteiger partial charge in [-0.05, 0) is 5.92 Å². The molecule has 0 aromatic heterocycles. The van der Waals surface area contributed by atoms with Crippen LogP contribution in [0, 0.1) is 30.1 Å². The first-order chi connectivity index (χ1) is 6.02. The molecule has 0 heterocycles. The maximum absolute atomic E-state index is 2.52. The van der Waals surface area contributed by atoms with Crippen LogP contribution in [0.5, 0.6) is 0 Å².